The maximum atomic E-state index is 4.77. The summed E-state index contributed by atoms with van der Waals surface area (Å²) in [4.78, 5) is 9.82. The standard InChI is InChI=1S/C18H39N5/c1-5-12-22(8-4)16-11-20-18(19-7-3)21-17-9-14-23(13-6-2)15-10-17/h17H,5-16H2,1-4H3,(H2,19,20,21). The Morgan fingerprint density at radius 3 is 2.39 bits per heavy atom. The highest BCUT2D eigenvalue weighted by molar-refractivity contribution is 5.80. The molecule has 0 aromatic heterocycles. The Labute approximate surface area is 143 Å². The molecule has 5 heteroatoms. The second-order valence-corrected chi connectivity index (χ2v) is 6.46. The minimum Gasteiger partial charge on any atom is -0.357 e. The van der Waals surface area contributed by atoms with E-state index >= 15 is 0 Å². The Balaban J connectivity index is 2.37. The maximum absolute atomic E-state index is 4.77. The molecule has 0 unspecified atom stereocenters. The number of aliphatic imine (C=N–C) groups is 1. The lowest BCUT2D eigenvalue weighted by molar-refractivity contribution is 0.206. The van der Waals surface area contributed by atoms with Gasteiger partial charge in [-0.2, -0.15) is 0 Å². The van der Waals surface area contributed by atoms with Crippen molar-refractivity contribution in [2.24, 2.45) is 4.99 Å². The summed E-state index contributed by atoms with van der Waals surface area (Å²) >= 11 is 0. The number of hydrogen-bond donors (Lipinski definition) is 2. The number of piperidine rings is 1. The minimum absolute atomic E-state index is 0.568. The van der Waals surface area contributed by atoms with Crippen LogP contribution in [0.1, 0.15) is 53.4 Å². The van der Waals surface area contributed by atoms with Crippen LogP contribution in [0.4, 0.5) is 0 Å². The lowest BCUT2D eigenvalue weighted by atomic mass is 10.1. The molecule has 0 spiro atoms. The predicted octanol–water partition coefficient (Wildman–Crippen LogP) is 2.15. The monoisotopic (exact) mass is 325 g/mol. The third-order valence-corrected chi connectivity index (χ3v) is 4.49. The van der Waals surface area contributed by atoms with Gasteiger partial charge < -0.3 is 20.4 Å². The average Bonchev–Trinajstić information content (AvgIpc) is 2.56. The highest BCUT2D eigenvalue weighted by atomic mass is 15.2. The van der Waals surface area contributed by atoms with Crippen molar-refractivity contribution in [1.82, 2.24) is 20.4 Å². The maximum Gasteiger partial charge on any atom is 0.191 e. The number of rotatable bonds is 10. The van der Waals surface area contributed by atoms with Crippen LogP contribution in [0, 0.1) is 0 Å². The van der Waals surface area contributed by atoms with E-state index in [4.69, 9.17) is 4.99 Å². The van der Waals surface area contributed by atoms with E-state index in [1.807, 2.05) is 0 Å². The molecule has 0 saturated carbocycles. The zero-order chi connectivity index (χ0) is 16.9. The molecule has 1 saturated heterocycles. The molecule has 5 nitrogen and oxygen atoms in total. The second-order valence-electron chi connectivity index (χ2n) is 6.46. The van der Waals surface area contributed by atoms with E-state index < -0.39 is 0 Å². The average molecular weight is 326 g/mol. The molecular formula is C18H39N5. The quantitative estimate of drug-likeness (QED) is 0.477. The smallest absolute Gasteiger partial charge is 0.191 e. The van der Waals surface area contributed by atoms with E-state index in [1.54, 1.807) is 0 Å². The van der Waals surface area contributed by atoms with Gasteiger partial charge in [0.1, 0.15) is 0 Å². The Kier molecular flexibility index (Phi) is 11.1. The summed E-state index contributed by atoms with van der Waals surface area (Å²) in [6.07, 6.45) is 4.92. The van der Waals surface area contributed by atoms with E-state index in [1.165, 1.54) is 51.9 Å². The molecule has 23 heavy (non-hydrogen) atoms. The molecule has 0 aliphatic carbocycles. The van der Waals surface area contributed by atoms with E-state index in [9.17, 15) is 0 Å². The van der Waals surface area contributed by atoms with Crippen molar-refractivity contribution in [1.29, 1.82) is 0 Å². The Bertz CT molecular complexity index is 311. The number of guanidine groups is 1. The van der Waals surface area contributed by atoms with Crippen LogP contribution < -0.4 is 10.6 Å². The molecule has 0 bridgehead atoms. The Hall–Kier alpha value is -0.810. The van der Waals surface area contributed by atoms with Crippen molar-refractivity contribution in [3.63, 3.8) is 0 Å². The van der Waals surface area contributed by atoms with Gasteiger partial charge in [0.25, 0.3) is 0 Å². The second kappa shape index (κ2) is 12.6. The van der Waals surface area contributed by atoms with Crippen LogP contribution in [0.15, 0.2) is 4.99 Å². The zero-order valence-corrected chi connectivity index (χ0v) is 15.9. The van der Waals surface area contributed by atoms with E-state index in [0.29, 0.717) is 6.04 Å². The highest BCUT2D eigenvalue weighted by Gasteiger charge is 2.19. The summed E-state index contributed by atoms with van der Waals surface area (Å²) in [5, 5.41) is 7.03. The fraction of sp³-hybridized carbons (Fsp3) is 0.944. The van der Waals surface area contributed by atoms with Crippen molar-refractivity contribution in [2.75, 3.05) is 52.4 Å². The Morgan fingerprint density at radius 1 is 1.09 bits per heavy atom. The number of likely N-dealkylation sites (tertiary alicyclic amines) is 1. The SMILES string of the molecule is CCCN(CC)CCN=C(NCC)NC1CCN(CCC)CC1. The first-order valence-electron chi connectivity index (χ1n) is 9.72. The number of hydrogen-bond acceptors (Lipinski definition) is 3. The van der Waals surface area contributed by atoms with Crippen LogP contribution in [0.3, 0.4) is 0 Å². The van der Waals surface area contributed by atoms with Crippen LogP contribution in [0.2, 0.25) is 0 Å². The van der Waals surface area contributed by atoms with Crippen LogP contribution in [-0.2, 0) is 0 Å². The van der Waals surface area contributed by atoms with Crippen LogP contribution in [-0.4, -0.2) is 74.2 Å². The molecule has 0 aromatic rings. The number of likely N-dealkylation sites (N-methyl/N-ethyl adjacent to an activating group) is 1. The van der Waals surface area contributed by atoms with E-state index in [-0.39, 0.29) is 0 Å². The lowest BCUT2D eigenvalue weighted by Crippen LogP contribution is -2.49. The first-order chi connectivity index (χ1) is 11.2. The zero-order valence-electron chi connectivity index (χ0n) is 15.9. The minimum atomic E-state index is 0.568. The molecule has 2 N–H and O–H groups in total. The van der Waals surface area contributed by atoms with Gasteiger partial charge in [-0.25, -0.2) is 0 Å². The molecule has 0 aromatic carbocycles. The number of nitrogens with zero attached hydrogens (tertiary/aromatic N) is 3. The summed E-state index contributed by atoms with van der Waals surface area (Å²) < 4.78 is 0. The predicted molar refractivity (Wildman–Crippen MR) is 101 cm³/mol. The van der Waals surface area contributed by atoms with Crippen LogP contribution in [0.5, 0.6) is 0 Å². The summed E-state index contributed by atoms with van der Waals surface area (Å²) in [5.41, 5.74) is 0. The molecule has 0 atom stereocenters. The topological polar surface area (TPSA) is 42.9 Å². The first kappa shape index (κ1) is 20.2. The molecular weight excluding hydrogens is 286 g/mol. The van der Waals surface area contributed by atoms with E-state index in [2.05, 4.69) is 48.1 Å². The molecule has 1 aliphatic heterocycles. The largest absolute Gasteiger partial charge is 0.357 e. The van der Waals surface area contributed by atoms with Crippen molar-refractivity contribution in [2.45, 2.75) is 59.4 Å². The molecule has 1 fully saturated rings. The molecule has 136 valence electrons. The van der Waals surface area contributed by atoms with Gasteiger partial charge in [0.2, 0.25) is 0 Å². The first-order valence-corrected chi connectivity index (χ1v) is 9.72. The van der Waals surface area contributed by atoms with E-state index in [0.717, 1.165) is 32.1 Å². The van der Waals surface area contributed by atoms with Gasteiger partial charge in [-0.3, -0.25) is 4.99 Å². The highest BCUT2D eigenvalue weighted by Crippen LogP contribution is 2.10. The summed E-state index contributed by atoms with van der Waals surface area (Å²) in [6.45, 7) is 17.7. The van der Waals surface area contributed by atoms with Gasteiger partial charge in [0.05, 0.1) is 6.54 Å². The van der Waals surface area contributed by atoms with Gasteiger partial charge in [-0.05, 0) is 52.2 Å². The van der Waals surface area contributed by atoms with Gasteiger partial charge in [0, 0.05) is 32.2 Å². The molecule has 0 amide bonds. The molecule has 1 heterocycles. The summed E-state index contributed by atoms with van der Waals surface area (Å²) in [5.74, 6) is 0.994. The van der Waals surface area contributed by atoms with Gasteiger partial charge >= 0.3 is 0 Å². The normalized spacial score (nSPS) is 17.7. The van der Waals surface area contributed by atoms with Crippen molar-refractivity contribution in [3.8, 4) is 0 Å². The van der Waals surface area contributed by atoms with Crippen molar-refractivity contribution < 1.29 is 0 Å². The molecule has 1 rings (SSSR count). The van der Waals surface area contributed by atoms with Gasteiger partial charge in [0.15, 0.2) is 5.96 Å². The molecule has 0 radical (unpaired) electrons. The van der Waals surface area contributed by atoms with Crippen molar-refractivity contribution in [3.05, 3.63) is 0 Å². The summed E-state index contributed by atoms with van der Waals surface area (Å²) in [7, 11) is 0. The summed E-state index contributed by atoms with van der Waals surface area (Å²) in [6, 6.07) is 0.568. The van der Waals surface area contributed by atoms with Crippen LogP contribution in [0.25, 0.3) is 0 Å². The van der Waals surface area contributed by atoms with Crippen molar-refractivity contribution >= 4 is 5.96 Å². The fourth-order valence-corrected chi connectivity index (χ4v) is 3.18. The van der Waals surface area contributed by atoms with Gasteiger partial charge in [-0.15, -0.1) is 0 Å². The lowest BCUT2D eigenvalue weighted by Gasteiger charge is -2.32. The molecule has 1 aliphatic rings. The third kappa shape index (κ3) is 8.56. The fourth-order valence-electron chi connectivity index (χ4n) is 3.18. The third-order valence-electron chi connectivity index (χ3n) is 4.49. The van der Waals surface area contributed by atoms with Gasteiger partial charge in [-0.1, -0.05) is 20.8 Å². The Morgan fingerprint density at radius 2 is 1.83 bits per heavy atom. The van der Waals surface area contributed by atoms with Crippen LogP contribution >= 0.6 is 0 Å². The number of nitrogens with one attached hydrogen (secondary N) is 2.